The molecule has 0 saturated heterocycles. The van der Waals surface area contributed by atoms with Gasteiger partial charge in [-0.05, 0) is 36.4 Å². The highest BCUT2D eigenvalue weighted by Gasteiger charge is 2.22. The summed E-state index contributed by atoms with van der Waals surface area (Å²) in [5.74, 6) is -1.21. The fourth-order valence-electron chi connectivity index (χ4n) is 2.41. The second kappa shape index (κ2) is 6.54. The molecular formula is C18H15FN2O3. The molecule has 0 aliphatic heterocycles. The monoisotopic (exact) mass is 326 g/mol. The van der Waals surface area contributed by atoms with Gasteiger partial charge in [0.15, 0.2) is 5.76 Å². The number of carbonyl (C=O) groups excluding carboxylic acids is 2. The lowest BCUT2D eigenvalue weighted by Crippen LogP contribution is -2.33. The van der Waals surface area contributed by atoms with Gasteiger partial charge in [-0.15, -0.1) is 0 Å². The minimum Gasteiger partial charge on any atom is -0.451 e. The molecule has 2 N–H and O–H groups in total. The summed E-state index contributed by atoms with van der Waals surface area (Å²) in [6.45, 7) is 0.0802. The number of fused-ring (bicyclic) bond motifs is 1. The van der Waals surface area contributed by atoms with Gasteiger partial charge < -0.3 is 15.1 Å². The van der Waals surface area contributed by atoms with E-state index in [1.807, 2.05) is 18.2 Å². The standard InChI is InChI=1S/C18H15FN2O3/c19-13-5-7-14(8-6-13)21(10-9-17(20)22)18(23)16-11-12-3-1-2-4-15(12)24-16/h1-8,11H,9-10H2,(H2,20,22). The van der Waals surface area contributed by atoms with Gasteiger partial charge >= 0.3 is 0 Å². The van der Waals surface area contributed by atoms with Crippen LogP contribution in [0, 0.1) is 5.82 Å². The third-order valence-corrected chi connectivity index (χ3v) is 3.60. The summed E-state index contributed by atoms with van der Waals surface area (Å²) in [6.07, 6.45) is -0.0106. The van der Waals surface area contributed by atoms with Crippen LogP contribution in [0.3, 0.4) is 0 Å². The van der Waals surface area contributed by atoms with E-state index >= 15 is 0 Å². The number of halogens is 1. The number of primary amides is 1. The van der Waals surface area contributed by atoms with Crippen molar-refractivity contribution in [1.29, 1.82) is 0 Å². The average Bonchev–Trinajstić information content (AvgIpc) is 3.00. The number of nitrogens with two attached hydrogens (primary N) is 1. The third kappa shape index (κ3) is 3.27. The van der Waals surface area contributed by atoms with Gasteiger partial charge in [0.05, 0.1) is 0 Å². The second-order valence-electron chi connectivity index (χ2n) is 5.30. The van der Waals surface area contributed by atoms with Crippen molar-refractivity contribution in [2.45, 2.75) is 6.42 Å². The summed E-state index contributed by atoms with van der Waals surface area (Å²) in [5.41, 5.74) is 6.24. The first-order valence-corrected chi connectivity index (χ1v) is 7.39. The van der Waals surface area contributed by atoms with E-state index in [9.17, 15) is 14.0 Å². The average molecular weight is 326 g/mol. The maximum absolute atomic E-state index is 13.1. The zero-order chi connectivity index (χ0) is 17.1. The molecule has 0 fully saturated rings. The van der Waals surface area contributed by atoms with Gasteiger partial charge in [0.1, 0.15) is 11.4 Å². The molecule has 122 valence electrons. The normalized spacial score (nSPS) is 10.7. The van der Waals surface area contributed by atoms with Crippen LogP contribution >= 0.6 is 0 Å². The highest BCUT2D eigenvalue weighted by Crippen LogP contribution is 2.23. The zero-order valence-corrected chi connectivity index (χ0v) is 12.7. The number of nitrogens with zero attached hydrogens (tertiary/aromatic N) is 1. The van der Waals surface area contributed by atoms with Gasteiger partial charge in [0, 0.05) is 24.0 Å². The Morgan fingerprint density at radius 2 is 1.79 bits per heavy atom. The Balaban J connectivity index is 1.95. The Labute approximate surface area is 137 Å². The summed E-state index contributed by atoms with van der Waals surface area (Å²) >= 11 is 0. The van der Waals surface area contributed by atoms with Crippen molar-refractivity contribution in [2.24, 2.45) is 5.73 Å². The molecule has 2 aromatic carbocycles. The topological polar surface area (TPSA) is 76.5 Å². The van der Waals surface area contributed by atoms with E-state index in [-0.39, 0.29) is 18.7 Å². The highest BCUT2D eigenvalue weighted by molar-refractivity contribution is 6.06. The highest BCUT2D eigenvalue weighted by atomic mass is 19.1. The van der Waals surface area contributed by atoms with Crippen molar-refractivity contribution in [3.63, 3.8) is 0 Å². The Morgan fingerprint density at radius 1 is 1.08 bits per heavy atom. The first-order chi connectivity index (χ1) is 11.5. The van der Waals surface area contributed by atoms with Crippen molar-refractivity contribution in [1.82, 2.24) is 0 Å². The van der Waals surface area contributed by atoms with Crippen molar-refractivity contribution in [2.75, 3.05) is 11.4 Å². The quantitative estimate of drug-likeness (QED) is 0.782. The Kier molecular flexibility index (Phi) is 4.29. The van der Waals surface area contributed by atoms with Crippen LogP contribution in [-0.2, 0) is 4.79 Å². The van der Waals surface area contributed by atoms with Crippen LogP contribution < -0.4 is 10.6 Å². The lowest BCUT2D eigenvalue weighted by molar-refractivity contribution is -0.117. The third-order valence-electron chi connectivity index (χ3n) is 3.60. The Bertz CT molecular complexity index is 854. The molecule has 0 bridgehead atoms. The molecule has 2 amide bonds. The predicted octanol–water partition coefficient (Wildman–Crippen LogP) is 3.09. The van der Waals surface area contributed by atoms with Crippen LogP contribution in [0.1, 0.15) is 17.0 Å². The fraction of sp³-hybridized carbons (Fsp3) is 0.111. The molecule has 5 nitrogen and oxygen atoms in total. The Hall–Kier alpha value is -3.15. The molecule has 1 heterocycles. The van der Waals surface area contributed by atoms with Crippen molar-refractivity contribution in [3.8, 4) is 0 Å². The molecule has 0 saturated carbocycles. The van der Waals surface area contributed by atoms with E-state index in [1.165, 1.54) is 29.2 Å². The van der Waals surface area contributed by atoms with Gasteiger partial charge in [-0.1, -0.05) is 18.2 Å². The molecule has 3 rings (SSSR count). The maximum Gasteiger partial charge on any atom is 0.294 e. The first kappa shape index (κ1) is 15.7. The number of hydrogen-bond donors (Lipinski definition) is 1. The maximum atomic E-state index is 13.1. The van der Waals surface area contributed by atoms with Crippen LogP contribution in [0.2, 0.25) is 0 Å². The van der Waals surface area contributed by atoms with E-state index in [1.54, 1.807) is 12.1 Å². The molecule has 0 spiro atoms. The fourth-order valence-corrected chi connectivity index (χ4v) is 2.41. The number of benzene rings is 2. The number of rotatable bonds is 5. The van der Waals surface area contributed by atoms with Gasteiger partial charge in [0.25, 0.3) is 5.91 Å². The molecule has 6 heteroatoms. The molecular weight excluding hydrogens is 311 g/mol. The minimum absolute atomic E-state index is 0.0106. The number of anilines is 1. The van der Waals surface area contributed by atoms with E-state index < -0.39 is 17.6 Å². The molecule has 0 radical (unpaired) electrons. The van der Waals surface area contributed by atoms with Crippen molar-refractivity contribution >= 4 is 28.5 Å². The number of hydrogen-bond acceptors (Lipinski definition) is 3. The zero-order valence-electron chi connectivity index (χ0n) is 12.7. The lowest BCUT2D eigenvalue weighted by atomic mass is 10.2. The Morgan fingerprint density at radius 3 is 2.46 bits per heavy atom. The number of para-hydroxylation sites is 1. The summed E-state index contributed by atoms with van der Waals surface area (Å²) in [7, 11) is 0. The molecule has 3 aromatic rings. The molecule has 0 aliphatic carbocycles. The van der Waals surface area contributed by atoms with E-state index in [0.717, 1.165) is 5.39 Å². The summed E-state index contributed by atoms with van der Waals surface area (Å²) in [5, 5.41) is 0.801. The van der Waals surface area contributed by atoms with Crippen LogP contribution in [0.25, 0.3) is 11.0 Å². The van der Waals surface area contributed by atoms with Crippen molar-refractivity contribution < 1.29 is 18.4 Å². The summed E-state index contributed by atoms with van der Waals surface area (Å²) in [6, 6.07) is 14.3. The summed E-state index contributed by atoms with van der Waals surface area (Å²) < 4.78 is 18.7. The largest absolute Gasteiger partial charge is 0.451 e. The van der Waals surface area contributed by atoms with Crippen LogP contribution in [-0.4, -0.2) is 18.4 Å². The van der Waals surface area contributed by atoms with E-state index in [2.05, 4.69) is 0 Å². The molecule has 0 atom stereocenters. The van der Waals surface area contributed by atoms with E-state index in [4.69, 9.17) is 10.2 Å². The first-order valence-electron chi connectivity index (χ1n) is 7.39. The number of amides is 2. The number of furan rings is 1. The van der Waals surface area contributed by atoms with Crippen LogP contribution in [0.15, 0.2) is 59.0 Å². The smallest absolute Gasteiger partial charge is 0.294 e. The molecule has 24 heavy (non-hydrogen) atoms. The SMILES string of the molecule is NC(=O)CCN(C(=O)c1cc2ccccc2o1)c1ccc(F)cc1. The van der Waals surface area contributed by atoms with Gasteiger partial charge in [-0.2, -0.15) is 0 Å². The number of carbonyl (C=O) groups is 2. The summed E-state index contributed by atoms with van der Waals surface area (Å²) in [4.78, 5) is 25.2. The molecule has 1 aromatic heterocycles. The lowest BCUT2D eigenvalue weighted by Gasteiger charge is -2.21. The van der Waals surface area contributed by atoms with Gasteiger partial charge in [-0.25, -0.2) is 4.39 Å². The minimum atomic E-state index is -0.528. The van der Waals surface area contributed by atoms with Gasteiger partial charge in [0.2, 0.25) is 5.91 Å². The van der Waals surface area contributed by atoms with Crippen LogP contribution in [0.4, 0.5) is 10.1 Å². The van der Waals surface area contributed by atoms with E-state index in [0.29, 0.717) is 11.3 Å². The second-order valence-corrected chi connectivity index (χ2v) is 5.30. The molecule has 0 aliphatic rings. The predicted molar refractivity (Wildman–Crippen MR) is 88.1 cm³/mol. The van der Waals surface area contributed by atoms with Crippen LogP contribution in [0.5, 0.6) is 0 Å². The van der Waals surface area contributed by atoms with Gasteiger partial charge in [-0.3, -0.25) is 9.59 Å². The van der Waals surface area contributed by atoms with Crippen molar-refractivity contribution in [3.05, 3.63) is 66.2 Å². The molecule has 0 unspecified atom stereocenters.